The van der Waals surface area contributed by atoms with Crippen LogP contribution >= 0.6 is 0 Å². The van der Waals surface area contributed by atoms with Crippen LogP contribution in [0.15, 0.2) is 72.1 Å². The number of ether oxygens (including phenoxy) is 1. The molecule has 0 saturated heterocycles. The molecule has 44 heavy (non-hydrogen) atoms. The molecule has 0 amide bonds. The van der Waals surface area contributed by atoms with Gasteiger partial charge >= 0.3 is 12.8 Å². The number of fused-ring (bicyclic) bond motifs is 1. The zero-order valence-corrected chi connectivity index (χ0v) is 24.0. The molecule has 2 aromatic heterocycles. The molecule has 4 aromatic rings. The Hall–Kier alpha value is -4.19. The fraction of sp³-hybridized carbons (Fsp3) is 0.296. The summed E-state index contributed by atoms with van der Waals surface area (Å²) in [5.74, 6) is -0.557. The van der Waals surface area contributed by atoms with E-state index >= 15 is 0 Å². The van der Waals surface area contributed by atoms with E-state index in [-0.39, 0.29) is 17.0 Å². The zero-order valence-electron chi connectivity index (χ0n) is 23.2. The predicted octanol–water partition coefficient (Wildman–Crippen LogP) is 3.98. The molecule has 0 saturated carbocycles. The van der Waals surface area contributed by atoms with Crippen LogP contribution in [0.2, 0.25) is 0 Å². The first-order valence-corrected chi connectivity index (χ1v) is 14.9. The van der Waals surface area contributed by atoms with Gasteiger partial charge < -0.3 is 15.4 Å². The first-order chi connectivity index (χ1) is 20.6. The van der Waals surface area contributed by atoms with Crippen molar-refractivity contribution in [2.75, 3.05) is 17.7 Å². The predicted molar refractivity (Wildman–Crippen MR) is 149 cm³/mol. The Morgan fingerprint density at radius 2 is 1.75 bits per heavy atom. The van der Waals surface area contributed by atoms with E-state index < -0.39 is 58.3 Å². The molecular weight excluding hydrogens is 611 g/mol. The van der Waals surface area contributed by atoms with Crippen molar-refractivity contribution in [3.05, 3.63) is 78.5 Å². The van der Waals surface area contributed by atoms with Crippen LogP contribution < -0.4 is 21.1 Å². The number of halogens is 5. The Bertz CT molecular complexity index is 1740. The van der Waals surface area contributed by atoms with Gasteiger partial charge in [-0.25, -0.2) is 28.0 Å². The number of rotatable bonds is 8. The lowest BCUT2D eigenvalue weighted by Crippen LogP contribution is -2.63. The highest BCUT2D eigenvalue weighted by Crippen LogP contribution is 2.41. The second-order valence-electron chi connectivity index (χ2n) is 10.1. The number of anilines is 1. The summed E-state index contributed by atoms with van der Waals surface area (Å²) in [6.45, 7) is -2.94. The lowest BCUT2D eigenvalue weighted by Gasteiger charge is -2.49. The fourth-order valence-electron chi connectivity index (χ4n) is 5.08. The van der Waals surface area contributed by atoms with Crippen LogP contribution in [-0.4, -0.2) is 64.9 Å². The monoisotopic (exact) mass is 638 g/mol. The fourth-order valence-corrected chi connectivity index (χ4v) is 5.91. The number of alkyl halides is 5. The summed E-state index contributed by atoms with van der Waals surface area (Å²) >= 11 is 0. The van der Waals surface area contributed by atoms with Gasteiger partial charge in [-0.2, -0.15) is 27.1 Å². The molecule has 0 spiro atoms. The molecule has 5 rings (SSSR count). The third-order valence-electron chi connectivity index (χ3n) is 7.14. The van der Waals surface area contributed by atoms with Gasteiger partial charge in [0, 0.05) is 11.8 Å². The molecule has 3 atom stereocenters. The number of sulfone groups is 1. The molecule has 4 N–H and O–H groups in total. The van der Waals surface area contributed by atoms with E-state index in [0.29, 0.717) is 16.9 Å². The first-order valence-electron chi connectivity index (χ1n) is 13.0. The van der Waals surface area contributed by atoms with Crippen LogP contribution in [0.1, 0.15) is 30.4 Å². The van der Waals surface area contributed by atoms with Crippen LogP contribution in [0.4, 0.5) is 27.6 Å². The zero-order chi connectivity index (χ0) is 32.0. The Balaban J connectivity index is 1.58. The van der Waals surface area contributed by atoms with E-state index in [4.69, 9.17) is 11.5 Å². The molecule has 11 nitrogen and oxygen atoms in total. The van der Waals surface area contributed by atoms with Crippen molar-refractivity contribution in [3.63, 3.8) is 0 Å². The average molecular weight is 639 g/mol. The third-order valence-corrected chi connectivity index (χ3v) is 8.25. The quantitative estimate of drug-likeness (QED) is 0.272. The summed E-state index contributed by atoms with van der Waals surface area (Å²) in [5, 5.41) is 4.08. The van der Waals surface area contributed by atoms with Crippen LogP contribution in [0.25, 0.3) is 16.9 Å². The highest BCUT2D eigenvalue weighted by atomic mass is 32.2. The average Bonchev–Trinajstić information content (AvgIpc) is 3.49. The molecule has 17 heteroatoms. The molecule has 0 aliphatic carbocycles. The van der Waals surface area contributed by atoms with E-state index in [1.54, 1.807) is 46.8 Å². The van der Waals surface area contributed by atoms with Gasteiger partial charge in [0.05, 0.1) is 35.3 Å². The molecule has 0 fully saturated rings. The van der Waals surface area contributed by atoms with Crippen molar-refractivity contribution in [1.29, 1.82) is 0 Å². The summed E-state index contributed by atoms with van der Waals surface area (Å²) in [7, 11) is -4.02. The van der Waals surface area contributed by atoms with Crippen molar-refractivity contribution < 1.29 is 35.1 Å². The van der Waals surface area contributed by atoms with Gasteiger partial charge in [0.15, 0.2) is 9.84 Å². The summed E-state index contributed by atoms with van der Waals surface area (Å²) in [5.41, 5.74) is 14.9. The smallest absolute Gasteiger partial charge is 0.401 e. The van der Waals surface area contributed by atoms with Gasteiger partial charge in [0.2, 0.25) is 0 Å². The van der Waals surface area contributed by atoms with Gasteiger partial charge in [-0.3, -0.25) is 5.73 Å². The van der Waals surface area contributed by atoms with Crippen LogP contribution in [0.3, 0.4) is 0 Å². The van der Waals surface area contributed by atoms with E-state index in [1.165, 1.54) is 24.8 Å². The molecule has 1 aliphatic heterocycles. The molecule has 3 unspecified atom stereocenters. The third kappa shape index (κ3) is 6.35. The molecule has 2 aromatic carbocycles. The van der Waals surface area contributed by atoms with Gasteiger partial charge in [-0.1, -0.05) is 12.1 Å². The number of nitrogens with two attached hydrogens (primary N) is 2. The number of hydrogen-bond donors (Lipinski definition) is 2. The Kier molecular flexibility index (Phi) is 8.32. The minimum absolute atomic E-state index is 0.0494. The topological polar surface area (TPSA) is 145 Å². The molecular formula is C27H27F5N8O3S. The van der Waals surface area contributed by atoms with E-state index in [9.17, 15) is 30.4 Å². The largest absolute Gasteiger partial charge is 0.433 e. The lowest BCUT2D eigenvalue weighted by atomic mass is 10.0. The van der Waals surface area contributed by atoms with Crippen LogP contribution in [0.5, 0.6) is 5.75 Å². The van der Waals surface area contributed by atoms with Gasteiger partial charge in [-0.15, -0.1) is 0 Å². The Morgan fingerprint density at radius 1 is 1.05 bits per heavy atom. The molecule has 0 bridgehead atoms. The number of aromatic nitrogens is 4. The normalized spacial score (nSPS) is 18.4. The van der Waals surface area contributed by atoms with Gasteiger partial charge in [-0.05, 0) is 55.0 Å². The highest BCUT2D eigenvalue weighted by molar-refractivity contribution is 7.90. The Morgan fingerprint density at radius 3 is 2.34 bits per heavy atom. The minimum Gasteiger partial charge on any atom is -0.433 e. The van der Waals surface area contributed by atoms with E-state index in [1.807, 2.05) is 0 Å². The van der Waals surface area contributed by atoms with Crippen LogP contribution in [-0.2, 0) is 9.84 Å². The molecule has 0 radical (unpaired) electrons. The molecule has 234 valence electrons. The number of nitrogens with zero attached hydrogens (tertiary/aromatic N) is 6. The van der Waals surface area contributed by atoms with Crippen molar-refractivity contribution >= 4 is 15.5 Å². The Labute approximate surface area is 248 Å². The summed E-state index contributed by atoms with van der Waals surface area (Å²) in [6.07, 6.45) is -3.62. The summed E-state index contributed by atoms with van der Waals surface area (Å²) in [4.78, 5) is 10.4. The number of hydrogen-bond acceptors (Lipinski definition) is 10. The second-order valence-corrected chi connectivity index (χ2v) is 12.1. The van der Waals surface area contributed by atoms with E-state index in [2.05, 4.69) is 19.8 Å². The second kappa shape index (κ2) is 11.7. The minimum atomic E-state index is -4.65. The summed E-state index contributed by atoms with van der Waals surface area (Å²) < 4.78 is 97.5. The standard InChI is InChI=1S/C27H27F5N8O3S/c1-15(16-3-6-18(7-4-16)39-14-35-13-36-39)40-20-9-8-19(37-23(20)24(33)38(26(40)34)12-27(30,31)32)17-5-10-21(43-25(28)29)22(11-17)44(2,41)42/h3-11,13-15,24-26H,12,33-34H2,1-2H3. The maximum atomic E-state index is 13.7. The van der Waals surface area contributed by atoms with Crippen molar-refractivity contribution in [2.24, 2.45) is 11.5 Å². The lowest BCUT2D eigenvalue weighted by molar-refractivity contribution is -0.158. The SMILES string of the molecule is CC(c1ccc(-n2cncn2)cc1)N1c2ccc(-c3ccc(OC(F)F)c(S(C)(=O)=O)c3)nc2C(N)N(CC(F)(F)F)C1N. The maximum Gasteiger partial charge on any atom is 0.401 e. The van der Waals surface area contributed by atoms with Gasteiger partial charge in [0.1, 0.15) is 35.8 Å². The summed E-state index contributed by atoms with van der Waals surface area (Å²) in [6, 6.07) is 13.1. The van der Waals surface area contributed by atoms with Crippen molar-refractivity contribution in [2.45, 2.75) is 43.1 Å². The molecule has 1 aliphatic rings. The maximum absolute atomic E-state index is 13.7. The van der Waals surface area contributed by atoms with Gasteiger partial charge in [0.25, 0.3) is 0 Å². The number of benzene rings is 2. The van der Waals surface area contributed by atoms with Crippen molar-refractivity contribution in [1.82, 2.24) is 24.6 Å². The number of pyridine rings is 1. The highest BCUT2D eigenvalue weighted by Gasteiger charge is 2.44. The van der Waals surface area contributed by atoms with Crippen molar-refractivity contribution in [3.8, 4) is 22.7 Å². The van der Waals surface area contributed by atoms with E-state index in [0.717, 1.165) is 23.3 Å². The first kappa shape index (κ1) is 31.2. The van der Waals surface area contributed by atoms with Crippen LogP contribution in [0, 0.1) is 0 Å². The molecule has 3 heterocycles.